The van der Waals surface area contributed by atoms with Crippen molar-refractivity contribution >= 4 is 28.8 Å². The first kappa shape index (κ1) is 22.3. The Labute approximate surface area is 212 Å². The molecule has 6 rings (SSSR count). The van der Waals surface area contributed by atoms with E-state index >= 15 is 0 Å². The van der Waals surface area contributed by atoms with Crippen LogP contribution in [-0.4, -0.2) is 51.2 Å². The molecule has 0 aromatic carbocycles. The topological polar surface area (TPSA) is 108 Å². The highest BCUT2D eigenvalue weighted by atomic mass is 35.5. The average molecular weight is 500 g/mol. The van der Waals surface area contributed by atoms with Gasteiger partial charge >= 0.3 is 0 Å². The lowest BCUT2D eigenvalue weighted by Gasteiger charge is -2.21. The molecule has 4 aromatic heterocycles. The molecule has 1 aliphatic heterocycles. The van der Waals surface area contributed by atoms with Crippen LogP contribution < -0.4 is 15.0 Å². The van der Waals surface area contributed by atoms with Crippen molar-refractivity contribution in [2.75, 3.05) is 24.6 Å². The van der Waals surface area contributed by atoms with Crippen molar-refractivity contribution in [3.63, 3.8) is 0 Å². The Balaban J connectivity index is 1.17. The van der Waals surface area contributed by atoms with Crippen LogP contribution in [0.15, 0.2) is 55.1 Å². The van der Waals surface area contributed by atoms with Crippen LogP contribution in [0, 0.1) is 23.2 Å². The molecule has 0 spiro atoms. The largest absolute Gasteiger partial charge is 0.492 e. The molecule has 1 amide bonds. The van der Waals surface area contributed by atoms with Crippen LogP contribution in [0.4, 0.5) is 5.82 Å². The molecule has 180 valence electrons. The van der Waals surface area contributed by atoms with E-state index in [4.69, 9.17) is 21.3 Å². The Morgan fingerprint density at radius 2 is 2.08 bits per heavy atom. The number of carbonyl (C=O) groups is 1. The van der Waals surface area contributed by atoms with Crippen molar-refractivity contribution in [3.8, 4) is 22.9 Å². The van der Waals surface area contributed by atoms with E-state index in [1.54, 1.807) is 35.2 Å². The summed E-state index contributed by atoms with van der Waals surface area (Å²) in [5, 5.41) is 17.3. The number of anilines is 1. The number of nitrogens with one attached hydrogen (secondary N) is 1. The zero-order valence-electron chi connectivity index (χ0n) is 19.4. The zero-order chi connectivity index (χ0) is 24.8. The number of hydrogen-bond donors (Lipinski definition) is 1. The predicted molar refractivity (Wildman–Crippen MR) is 134 cm³/mol. The molecule has 3 atom stereocenters. The molecule has 10 heteroatoms. The van der Waals surface area contributed by atoms with Gasteiger partial charge in [0.1, 0.15) is 23.3 Å². The number of fused-ring (bicyclic) bond motifs is 2. The fourth-order valence-electron chi connectivity index (χ4n) is 5.08. The number of hydrogen-bond acceptors (Lipinski definition) is 7. The lowest BCUT2D eigenvalue weighted by atomic mass is 10.1. The summed E-state index contributed by atoms with van der Waals surface area (Å²) < 4.78 is 7.37. The molecule has 2 fully saturated rings. The van der Waals surface area contributed by atoms with E-state index < -0.39 is 0 Å². The predicted octanol–water partition coefficient (Wildman–Crippen LogP) is 3.58. The highest BCUT2D eigenvalue weighted by Crippen LogP contribution is 2.46. The Hall–Kier alpha value is -4.16. The van der Waals surface area contributed by atoms with Crippen LogP contribution in [0.1, 0.15) is 23.0 Å². The molecular formula is C26H22ClN7O2. The lowest BCUT2D eigenvalue weighted by Crippen LogP contribution is -2.35. The molecule has 1 N–H and O–H groups in total. The summed E-state index contributed by atoms with van der Waals surface area (Å²) in [5.41, 5.74) is 3.21. The SMILES string of the molecule is CCOc1cc(-c2ccc(N3C[C@@H]4[C@H](C3)[C@H]4NC(=O)c3ncccc3Cl)nc2)c2c(C#N)cnn2c1. The van der Waals surface area contributed by atoms with E-state index in [0.29, 0.717) is 34.8 Å². The van der Waals surface area contributed by atoms with Gasteiger partial charge in [-0.05, 0) is 37.3 Å². The minimum Gasteiger partial charge on any atom is -0.492 e. The van der Waals surface area contributed by atoms with Crippen molar-refractivity contribution in [2.45, 2.75) is 13.0 Å². The third-order valence-corrected chi connectivity index (χ3v) is 7.17. The van der Waals surface area contributed by atoms with Crippen molar-refractivity contribution in [3.05, 3.63) is 71.4 Å². The summed E-state index contributed by atoms with van der Waals surface area (Å²) in [6, 6.07) is 11.6. The maximum Gasteiger partial charge on any atom is 0.271 e. The standard InChI is InChI=1S/C26H22ClN7O2/c1-2-36-17-8-18(25-16(9-28)11-31-34(25)12-17)15-5-6-22(30-10-15)33-13-19-20(14-33)23(19)32-26(35)24-21(27)4-3-7-29-24/h3-8,10-12,19-20,23H,2,13-14H2,1H3,(H,32,35)/t19-,20+,23+. The van der Waals surface area contributed by atoms with Gasteiger partial charge in [-0.2, -0.15) is 10.4 Å². The summed E-state index contributed by atoms with van der Waals surface area (Å²) in [6.07, 6.45) is 6.72. The molecular weight excluding hydrogens is 478 g/mol. The summed E-state index contributed by atoms with van der Waals surface area (Å²) in [6.45, 7) is 4.10. The number of nitriles is 1. The van der Waals surface area contributed by atoms with E-state index in [1.165, 1.54) is 0 Å². The van der Waals surface area contributed by atoms with E-state index in [-0.39, 0.29) is 17.6 Å². The van der Waals surface area contributed by atoms with Gasteiger partial charge in [0.2, 0.25) is 0 Å². The Morgan fingerprint density at radius 1 is 1.25 bits per heavy atom. The first-order valence-electron chi connectivity index (χ1n) is 11.7. The van der Waals surface area contributed by atoms with Crippen LogP contribution in [-0.2, 0) is 0 Å². The Bertz CT molecular complexity index is 1500. The number of pyridine rings is 3. The average Bonchev–Trinajstić information content (AvgIpc) is 3.23. The second kappa shape index (κ2) is 8.81. The molecule has 4 aromatic rings. The van der Waals surface area contributed by atoms with Gasteiger partial charge in [-0.25, -0.2) is 14.5 Å². The Kier molecular flexibility index (Phi) is 5.46. The summed E-state index contributed by atoms with van der Waals surface area (Å²) in [4.78, 5) is 23.6. The number of rotatable bonds is 6. The third kappa shape index (κ3) is 3.80. The highest BCUT2D eigenvalue weighted by molar-refractivity contribution is 6.33. The van der Waals surface area contributed by atoms with Crippen molar-refractivity contribution in [2.24, 2.45) is 11.8 Å². The highest BCUT2D eigenvalue weighted by Gasteiger charge is 2.56. The summed E-state index contributed by atoms with van der Waals surface area (Å²) in [7, 11) is 0. The summed E-state index contributed by atoms with van der Waals surface area (Å²) >= 11 is 6.10. The number of piperidine rings is 1. The quantitative estimate of drug-likeness (QED) is 0.432. The van der Waals surface area contributed by atoms with Crippen molar-refractivity contribution in [1.82, 2.24) is 24.9 Å². The number of nitrogens with zero attached hydrogens (tertiary/aromatic N) is 6. The van der Waals surface area contributed by atoms with E-state index in [9.17, 15) is 10.1 Å². The van der Waals surface area contributed by atoms with Crippen LogP contribution >= 0.6 is 11.6 Å². The van der Waals surface area contributed by atoms with Crippen molar-refractivity contribution < 1.29 is 9.53 Å². The van der Waals surface area contributed by atoms with Gasteiger partial charge in [0, 0.05) is 54.5 Å². The molecule has 0 bridgehead atoms. The first-order valence-corrected chi connectivity index (χ1v) is 12.1. The van der Waals surface area contributed by atoms with Crippen molar-refractivity contribution in [1.29, 1.82) is 5.26 Å². The van der Waals surface area contributed by atoms with Gasteiger partial charge in [0.05, 0.1) is 35.1 Å². The minimum atomic E-state index is -0.230. The van der Waals surface area contributed by atoms with Gasteiger partial charge in [-0.1, -0.05) is 11.6 Å². The smallest absolute Gasteiger partial charge is 0.271 e. The normalized spacial score (nSPS) is 20.1. The lowest BCUT2D eigenvalue weighted by molar-refractivity contribution is 0.0942. The molecule has 9 nitrogen and oxygen atoms in total. The number of amides is 1. The molecule has 2 aliphatic rings. The van der Waals surface area contributed by atoms with Gasteiger partial charge < -0.3 is 15.0 Å². The zero-order valence-corrected chi connectivity index (χ0v) is 20.2. The van der Waals surface area contributed by atoms with Crippen LogP contribution in [0.25, 0.3) is 16.6 Å². The van der Waals surface area contributed by atoms with Gasteiger partial charge in [0.25, 0.3) is 5.91 Å². The first-order chi connectivity index (χ1) is 17.6. The number of halogens is 1. The van der Waals surface area contributed by atoms with E-state index in [1.807, 2.05) is 31.3 Å². The fourth-order valence-corrected chi connectivity index (χ4v) is 5.28. The molecule has 36 heavy (non-hydrogen) atoms. The van der Waals surface area contributed by atoms with Crippen LogP contribution in [0.2, 0.25) is 5.02 Å². The number of ether oxygens (including phenoxy) is 1. The third-order valence-electron chi connectivity index (χ3n) is 6.87. The maximum absolute atomic E-state index is 12.5. The van der Waals surface area contributed by atoms with Crippen LogP contribution in [0.5, 0.6) is 5.75 Å². The molecule has 0 unspecified atom stereocenters. The Morgan fingerprint density at radius 3 is 2.78 bits per heavy atom. The van der Waals surface area contributed by atoms with E-state index in [0.717, 1.165) is 35.6 Å². The fraction of sp³-hybridized carbons (Fsp3) is 0.269. The minimum absolute atomic E-state index is 0.131. The monoisotopic (exact) mass is 499 g/mol. The molecule has 1 saturated carbocycles. The number of aromatic nitrogens is 4. The number of carbonyl (C=O) groups excluding carboxylic acids is 1. The molecule has 1 aliphatic carbocycles. The van der Waals surface area contributed by atoms with Gasteiger partial charge in [0.15, 0.2) is 0 Å². The van der Waals surface area contributed by atoms with Gasteiger partial charge in [-0.3, -0.25) is 4.79 Å². The van der Waals surface area contributed by atoms with Crippen LogP contribution in [0.3, 0.4) is 0 Å². The second-order valence-corrected chi connectivity index (χ2v) is 9.36. The maximum atomic E-state index is 12.5. The molecule has 1 saturated heterocycles. The molecule has 0 radical (unpaired) electrons. The summed E-state index contributed by atoms with van der Waals surface area (Å²) in [5.74, 6) is 2.09. The van der Waals surface area contributed by atoms with Gasteiger partial charge in [-0.15, -0.1) is 0 Å². The molecule has 5 heterocycles. The van der Waals surface area contributed by atoms with E-state index in [2.05, 4.69) is 26.4 Å². The second-order valence-electron chi connectivity index (χ2n) is 8.96.